The lowest BCUT2D eigenvalue weighted by Gasteiger charge is -2.08. The van der Waals surface area contributed by atoms with Crippen molar-refractivity contribution in [2.75, 3.05) is 6.61 Å². The number of carboxylic acid groups (broad SMARTS) is 1. The maximum Gasteiger partial charge on any atom is 0.303 e. The third-order valence-electron chi connectivity index (χ3n) is 3.16. The first kappa shape index (κ1) is 13.5. The van der Waals surface area contributed by atoms with Crippen molar-refractivity contribution in [3.05, 3.63) is 30.0 Å². The van der Waals surface area contributed by atoms with E-state index in [2.05, 4.69) is 10.6 Å². The molecule has 1 N–H and O–H groups in total. The minimum absolute atomic E-state index is 0.205. The van der Waals surface area contributed by atoms with Gasteiger partial charge in [-0.3, -0.25) is 4.79 Å². The minimum Gasteiger partial charge on any atom is -0.494 e. The van der Waals surface area contributed by atoms with Crippen molar-refractivity contribution in [2.45, 2.75) is 33.2 Å². The van der Waals surface area contributed by atoms with Crippen molar-refractivity contribution in [2.24, 2.45) is 0 Å². The predicted molar refractivity (Wildman–Crippen MR) is 74.7 cm³/mol. The van der Waals surface area contributed by atoms with Gasteiger partial charge in [0.25, 0.3) is 0 Å². The number of hydrogen-bond donors (Lipinski definition) is 1. The molecule has 1 aromatic carbocycles. The Kier molecular flexibility index (Phi) is 4.10. The summed E-state index contributed by atoms with van der Waals surface area (Å²) in [6.45, 7) is 5.40. The Bertz CT molecular complexity index is 586. The maximum absolute atomic E-state index is 10.6. The Morgan fingerprint density at radius 2 is 2.16 bits per heavy atom. The molecule has 0 unspecified atom stereocenters. The van der Waals surface area contributed by atoms with Crippen LogP contribution in [-0.4, -0.2) is 22.2 Å². The first-order valence-electron chi connectivity index (χ1n) is 6.56. The number of rotatable bonds is 6. The normalized spacial score (nSPS) is 10.8. The fraction of sp³-hybridized carbons (Fsp3) is 0.400. The van der Waals surface area contributed by atoms with E-state index in [1.807, 2.05) is 32.0 Å². The van der Waals surface area contributed by atoms with Gasteiger partial charge >= 0.3 is 5.97 Å². The van der Waals surface area contributed by atoms with E-state index in [4.69, 9.17) is 9.84 Å². The van der Waals surface area contributed by atoms with Gasteiger partial charge in [-0.2, -0.15) is 0 Å². The summed E-state index contributed by atoms with van der Waals surface area (Å²) in [4.78, 5) is 10.6. The predicted octanol–water partition coefficient (Wildman–Crippen LogP) is 3.21. The average Bonchev–Trinajstić information content (AvgIpc) is 2.65. The van der Waals surface area contributed by atoms with E-state index in [1.54, 1.807) is 0 Å². The average molecular weight is 261 g/mol. The highest BCUT2D eigenvalue weighted by molar-refractivity contribution is 5.82. The number of benzene rings is 1. The van der Waals surface area contributed by atoms with Gasteiger partial charge in [0.2, 0.25) is 0 Å². The van der Waals surface area contributed by atoms with E-state index in [9.17, 15) is 4.79 Å². The summed E-state index contributed by atoms with van der Waals surface area (Å²) in [5.74, 6) is 0.130. The molecule has 0 aliphatic carbocycles. The number of nitrogens with zero attached hydrogens (tertiary/aromatic N) is 1. The molecule has 19 heavy (non-hydrogen) atoms. The Labute approximate surface area is 112 Å². The topological polar surface area (TPSA) is 51.5 Å². The highest BCUT2D eigenvalue weighted by Crippen LogP contribution is 2.25. The van der Waals surface area contributed by atoms with Crippen molar-refractivity contribution in [3.63, 3.8) is 0 Å². The molecule has 0 spiro atoms. The lowest BCUT2D eigenvalue weighted by Crippen LogP contribution is -2.03. The highest BCUT2D eigenvalue weighted by Gasteiger charge is 2.07. The van der Waals surface area contributed by atoms with Gasteiger partial charge in [-0.25, -0.2) is 0 Å². The molecule has 0 saturated heterocycles. The van der Waals surface area contributed by atoms with Gasteiger partial charge in [-0.1, -0.05) is 0 Å². The molecule has 102 valence electrons. The summed E-state index contributed by atoms with van der Waals surface area (Å²) in [7, 11) is 0. The second-order valence-electron chi connectivity index (χ2n) is 4.59. The molecule has 4 nitrogen and oxygen atoms in total. The summed E-state index contributed by atoms with van der Waals surface area (Å²) >= 11 is 0. The maximum atomic E-state index is 10.6. The third kappa shape index (κ3) is 3.08. The molecule has 1 aromatic heterocycles. The molecule has 0 atom stereocenters. The fourth-order valence-corrected chi connectivity index (χ4v) is 2.33. The highest BCUT2D eigenvalue weighted by atomic mass is 16.5. The summed E-state index contributed by atoms with van der Waals surface area (Å²) in [6.07, 6.45) is 0.851. The van der Waals surface area contributed by atoms with Crippen molar-refractivity contribution in [1.29, 1.82) is 0 Å². The standard InChI is InChI=1S/C15H19NO3/c1-3-19-13-6-7-14-12(10-13)9-11(2)16(14)8-4-5-15(17)18/h6-7,9-10H,3-5,8H2,1-2H3,(H,17,18). The molecule has 1 heterocycles. The van der Waals surface area contributed by atoms with E-state index in [0.29, 0.717) is 13.0 Å². The van der Waals surface area contributed by atoms with Crippen LogP contribution in [0.5, 0.6) is 5.75 Å². The largest absolute Gasteiger partial charge is 0.494 e. The van der Waals surface area contributed by atoms with Crippen LogP contribution in [-0.2, 0) is 11.3 Å². The van der Waals surface area contributed by atoms with Crippen molar-refractivity contribution < 1.29 is 14.6 Å². The molecule has 4 heteroatoms. The van der Waals surface area contributed by atoms with Crippen molar-refractivity contribution in [1.82, 2.24) is 4.57 Å². The molecular weight excluding hydrogens is 242 g/mol. The molecule has 2 aromatic rings. The molecule has 0 fully saturated rings. The first-order chi connectivity index (χ1) is 9.11. The molecule has 0 aliphatic heterocycles. The summed E-state index contributed by atoms with van der Waals surface area (Å²) in [6, 6.07) is 8.13. The van der Waals surface area contributed by atoms with Gasteiger partial charge in [0.15, 0.2) is 0 Å². The Morgan fingerprint density at radius 1 is 1.37 bits per heavy atom. The van der Waals surface area contributed by atoms with Crippen molar-refractivity contribution >= 4 is 16.9 Å². The smallest absolute Gasteiger partial charge is 0.303 e. The minimum atomic E-state index is -0.743. The quantitative estimate of drug-likeness (QED) is 0.868. The van der Waals surface area contributed by atoms with Gasteiger partial charge < -0.3 is 14.4 Å². The SMILES string of the molecule is CCOc1ccc2c(c1)cc(C)n2CCCC(=O)O. The number of hydrogen-bond acceptors (Lipinski definition) is 2. The lowest BCUT2D eigenvalue weighted by molar-refractivity contribution is -0.137. The molecular formula is C15H19NO3. The van der Waals surface area contributed by atoms with Crippen LogP contribution in [0.1, 0.15) is 25.5 Å². The van der Waals surface area contributed by atoms with E-state index in [0.717, 1.165) is 28.9 Å². The Hall–Kier alpha value is -1.97. The monoisotopic (exact) mass is 261 g/mol. The number of fused-ring (bicyclic) bond motifs is 1. The zero-order valence-corrected chi connectivity index (χ0v) is 11.3. The molecule has 0 bridgehead atoms. The molecule has 0 amide bonds. The van der Waals surface area contributed by atoms with Crippen LogP contribution in [0, 0.1) is 6.92 Å². The lowest BCUT2D eigenvalue weighted by atomic mass is 10.2. The summed E-state index contributed by atoms with van der Waals surface area (Å²) in [5, 5.41) is 9.83. The third-order valence-corrected chi connectivity index (χ3v) is 3.16. The number of ether oxygens (including phenoxy) is 1. The van der Waals surface area contributed by atoms with Gasteiger partial charge in [0.05, 0.1) is 6.61 Å². The van der Waals surface area contributed by atoms with E-state index < -0.39 is 5.97 Å². The molecule has 2 rings (SSSR count). The number of aliphatic carboxylic acids is 1. The van der Waals surface area contributed by atoms with Crippen LogP contribution in [0.3, 0.4) is 0 Å². The van der Waals surface area contributed by atoms with Crippen LogP contribution in [0.15, 0.2) is 24.3 Å². The van der Waals surface area contributed by atoms with Crippen LogP contribution in [0.4, 0.5) is 0 Å². The zero-order chi connectivity index (χ0) is 13.8. The van der Waals surface area contributed by atoms with Gasteiger partial charge in [0.1, 0.15) is 5.75 Å². The van der Waals surface area contributed by atoms with Gasteiger partial charge in [-0.05, 0) is 44.5 Å². The van der Waals surface area contributed by atoms with Crippen LogP contribution in [0.2, 0.25) is 0 Å². The van der Waals surface area contributed by atoms with Crippen molar-refractivity contribution in [3.8, 4) is 5.75 Å². The first-order valence-corrected chi connectivity index (χ1v) is 6.56. The molecule has 0 aliphatic rings. The Balaban J connectivity index is 2.23. The zero-order valence-electron chi connectivity index (χ0n) is 11.3. The number of aryl methyl sites for hydroxylation is 2. The summed E-state index contributed by atoms with van der Waals surface area (Å²) < 4.78 is 7.65. The van der Waals surface area contributed by atoms with Crippen LogP contribution >= 0.6 is 0 Å². The fourth-order valence-electron chi connectivity index (χ4n) is 2.33. The van der Waals surface area contributed by atoms with E-state index >= 15 is 0 Å². The van der Waals surface area contributed by atoms with Crippen LogP contribution < -0.4 is 4.74 Å². The van der Waals surface area contributed by atoms with E-state index in [1.165, 1.54) is 0 Å². The van der Waals surface area contributed by atoms with Crippen LogP contribution in [0.25, 0.3) is 10.9 Å². The molecule has 0 radical (unpaired) electrons. The van der Waals surface area contributed by atoms with E-state index in [-0.39, 0.29) is 6.42 Å². The summed E-state index contributed by atoms with van der Waals surface area (Å²) in [5.41, 5.74) is 2.28. The number of carbonyl (C=O) groups is 1. The number of aromatic nitrogens is 1. The molecule has 0 saturated carbocycles. The van der Waals surface area contributed by atoms with Gasteiger partial charge in [-0.15, -0.1) is 0 Å². The number of carboxylic acids is 1. The second kappa shape index (κ2) is 5.78. The Morgan fingerprint density at radius 3 is 2.84 bits per heavy atom. The van der Waals surface area contributed by atoms with Gasteiger partial charge in [0, 0.05) is 29.6 Å². The second-order valence-corrected chi connectivity index (χ2v) is 4.59.